The van der Waals surface area contributed by atoms with Crippen LogP contribution in [-0.4, -0.2) is 55.9 Å². The first-order valence-electron chi connectivity index (χ1n) is 6.80. The zero-order valence-corrected chi connectivity index (χ0v) is 12.3. The number of ketones is 1. The molecular weight excluding hydrogens is 262 g/mol. The van der Waals surface area contributed by atoms with Gasteiger partial charge in [-0.3, -0.25) is 9.69 Å². The summed E-state index contributed by atoms with van der Waals surface area (Å²) in [6.45, 7) is 4.30. The summed E-state index contributed by atoms with van der Waals surface area (Å²) in [5, 5.41) is 0. The van der Waals surface area contributed by atoms with E-state index in [4.69, 9.17) is 0 Å². The molecular formula is C15H22F2N2O. The maximum Gasteiger partial charge on any atom is 0.182 e. The Hall–Kier alpha value is -1.33. The molecule has 3 nitrogen and oxygen atoms in total. The summed E-state index contributed by atoms with van der Waals surface area (Å²) >= 11 is 0. The second-order valence-corrected chi connectivity index (χ2v) is 5.05. The number of hydrogen-bond acceptors (Lipinski definition) is 3. The molecule has 0 spiro atoms. The molecule has 0 aromatic heterocycles. The number of likely N-dealkylation sites (N-methyl/N-ethyl adjacent to an activating group) is 1. The Bertz CT molecular complexity index is 429. The van der Waals surface area contributed by atoms with E-state index < -0.39 is 23.0 Å². The van der Waals surface area contributed by atoms with Crippen LogP contribution >= 0.6 is 0 Å². The summed E-state index contributed by atoms with van der Waals surface area (Å²) in [7, 11) is 3.96. The Morgan fingerprint density at radius 3 is 2.25 bits per heavy atom. The summed E-state index contributed by atoms with van der Waals surface area (Å²) in [4.78, 5) is 16.0. The van der Waals surface area contributed by atoms with Gasteiger partial charge in [0.25, 0.3) is 0 Å². The minimum Gasteiger partial charge on any atom is -0.309 e. The van der Waals surface area contributed by atoms with Gasteiger partial charge in [-0.2, -0.15) is 0 Å². The average Bonchev–Trinajstić information content (AvgIpc) is 2.36. The fourth-order valence-electron chi connectivity index (χ4n) is 2.01. The van der Waals surface area contributed by atoms with Crippen molar-refractivity contribution in [3.05, 3.63) is 35.4 Å². The van der Waals surface area contributed by atoms with Crippen molar-refractivity contribution in [2.75, 3.05) is 40.3 Å². The van der Waals surface area contributed by atoms with Crippen LogP contribution in [0.5, 0.6) is 0 Å². The van der Waals surface area contributed by atoms with E-state index in [0.29, 0.717) is 6.54 Å². The predicted octanol–water partition coefficient (Wildman–Crippen LogP) is 2.42. The van der Waals surface area contributed by atoms with Crippen molar-refractivity contribution in [1.82, 2.24) is 9.80 Å². The van der Waals surface area contributed by atoms with Crippen molar-refractivity contribution in [1.29, 1.82) is 0 Å². The molecule has 0 heterocycles. The molecule has 0 aliphatic rings. The van der Waals surface area contributed by atoms with Gasteiger partial charge < -0.3 is 4.90 Å². The third kappa shape index (κ3) is 4.98. The molecule has 0 aliphatic heterocycles. The van der Waals surface area contributed by atoms with Crippen LogP contribution < -0.4 is 0 Å². The molecule has 0 fully saturated rings. The van der Waals surface area contributed by atoms with Crippen LogP contribution in [0.15, 0.2) is 18.2 Å². The van der Waals surface area contributed by atoms with Gasteiger partial charge in [0, 0.05) is 0 Å². The number of Topliss-reactive ketones (excluding diaryl/α,β-unsaturated/α-hetero) is 1. The molecule has 0 bridgehead atoms. The van der Waals surface area contributed by atoms with E-state index in [0.717, 1.165) is 31.6 Å². The Kier molecular flexibility index (Phi) is 6.75. The summed E-state index contributed by atoms with van der Waals surface area (Å²) in [5.41, 5.74) is -0.432. The Balaban J connectivity index is 2.63. The average molecular weight is 284 g/mol. The quantitative estimate of drug-likeness (QED) is 0.685. The largest absolute Gasteiger partial charge is 0.309 e. The van der Waals surface area contributed by atoms with Crippen molar-refractivity contribution in [2.24, 2.45) is 0 Å². The maximum absolute atomic E-state index is 13.5. The molecule has 1 rings (SSSR count). The van der Waals surface area contributed by atoms with E-state index in [-0.39, 0.29) is 6.54 Å². The lowest BCUT2D eigenvalue weighted by Gasteiger charge is -2.20. The third-order valence-electron chi connectivity index (χ3n) is 3.14. The summed E-state index contributed by atoms with van der Waals surface area (Å²) in [6, 6.07) is 3.48. The van der Waals surface area contributed by atoms with E-state index in [1.807, 2.05) is 25.9 Å². The molecule has 0 saturated carbocycles. The minimum absolute atomic E-state index is 0.0434. The van der Waals surface area contributed by atoms with Gasteiger partial charge in [0.2, 0.25) is 0 Å². The highest BCUT2D eigenvalue weighted by Crippen LogP contribution is 2.13. The number of benzene rings is 1. The molecule has 0 aliphatic carbocycles. The lowest BCUT2D eigenvalue weighted by atomic mass is 10.1. The number of nitrogens with zero attached hydrogens (tertiary/aromatic N) is 2. The molecule has 1 aromatic carbocycles. The fourth-order valence-corrected chi connectivity index (χ4v) is 2.01. The third-order valence-corrected chi connectivity index (χ3v) is 3.14. The zero-order chi connectivity index (χ0) is 15.1. The molecule has 0 saturated heterocycles. The molecule has 0 atom stereocenters. The van der Waals surface area contributed by atoms with Crippen LogP contribution in [0.25, 0.3) is 0 Å². The minimum atomic E-state index is -0.792. The number of carbonyl (C=O) groups is 1. The monoisotopic (exact) mass is 284 g/mol. The normalized spacial score (nSPS) is 11.3. The van der Waals surface area contributed by atoms with Crippen molar-refractivity contribution < 1.29 is 13.6 Å². The van der Waals surface area contributed by atoms with Gasteiger partial charge >= 0.3 is 0 Å². The Morgan fingerprint density at radius 1 is 1.15 bits per heavy atom. The van der Waals surface area contributed by atoms with Crippen molar-refractivity contribution >= 4 is 5.78 Å². The number of halogens is 2. The Labute approximate surface area is 119 Å². The van der Waals surface area contributed by atoms with Crippen molar-refractivity contribution in [3.8, 4) is 0 Å². The SMILES string of the molecule is CCN(CCCN(C)C)CC(=O)c1c(F)cccc1F. The molecule has 5 heteroatoms. The number of hydrogen-bond donors (Lipinski definition) is 0. The first kappa shape index (κ1) is 16.7. The molecule has 112 valence electrons. The summed E-state index contributed by atoms with van der Waals surface area (Å²) < 4.78 is 27.1. The molecule has 1 aromatic rings. The van der Waals surface area contributed by atoms with Gasteiger partial charge in [-0.05, 0) is 52.3 Å². The van der Waals surface area contributed by atoms with E-state index in [2.05, 4.69) is 4.90 Å². The van der Waals surface area contributed by atoms with E-state index >= 15 is 0 Å². The Morgan fingerprint density at radius 2 is 1.75 bits per heavy atom. The van der Waals surface area contributed by atoms with Crippen LogP contribution in [0.4, 0.5) is 8.78 Å². The highest BCUT2D eigenvalue weighted by atomic mass is 19.1. The standard InChI is InChI=1S/C15H22F2N2O/c1-4-19(10-6-9-18(2)3)11-14(20)15-12(16)7-5-8-13(15)17/h5,7-8H,4,6,9-11H2,1-3H3. The molecule has 0 N–H and O–H groups in total. The molecule has 0 unspecified atom stereocenters. The zero-order valence-electron chi connectivity index (χ0n) is 12.3. The van der Waals surface area contributed by atoms with Gasteiger partial charge in [-0.15, -0.1) is 0 Å². The smallest absolute Gasteiger partial charge is 0.182 e. The van der Waals surface area contributed by atoms with Crippen LogP contribution in [0.2, 0.25) is 0 Å². The van der Waals surface area contributed by atoms with Crippen molar-refractivity contribution in [3.63, 3.8) is 0 Å². The topological polar surface area (TPSA) is 23.6 Å². The molecule has 0 amide bonds. The van der Waals surface area contributed by atoms with Crippen LogP contribution in [-0.2, 0) is 0 Å². The highest BCUT2D eigenvalue weighted by Gasteiger charge is 2.19. The van der Waals surface area contributed by atoms with Crippen LogP contribution in [0.1, 0.15) is 23.7 Å². The van der Waals surface area contributed by atoms with Gasteiger partial charge in [0.15, 0.2) is 5.78 Å². The first-order valence-corrected chi connectivity index (χ1v) is 6.80. The maximum atomic E-state index is 13.5. The highest BCUT2D eigenvalue weighted by molar-refractivity contribution is 5.98. The molecule has 20 heavy (non-hydrogen) atoms. The number of rotatable bonds is 8. The van der Waals surface area contributed by atoms with Crippen LogP contribution in [0.3, 0.4) is 0 Å². The van der Waals surface area contributed by atoms with E-state index in [1.165, 1.54) is 6.07 Å². The lowest BCUT2D eigenvalue weighted by molar-refractivity contribution is 0.0923. The van der Waals surface area contributed by atoms with Gasteiger partial charge in [-0.1, -0.05) is 13.0 Å². The fraction of sp³-hybridized carbons (Fsp3) is 0.533. The second-order valence-electron chi connectivity index (χ2n) is 5.05. The number of carbonyl (C=O) groups excluding carboxylic acids is 1. The summed E-state index contributed by atoms with van der Waals surface area (Å²) in [5.74, 6) is -2.09. The predicted molar refractivity (Wildman–Crippen MR) is 76.0 cm³/mol. The summed E-state index contributed by atoms with van der Waals surface area (Å²) in [6.07, 6.45) is 0.911. The van der Waals surface area contributed by atoms with Gasteiger partial charge in [0.05, 0.1) is 12.1 Å². The lowest BCUT2D eigenvalue weighted by Crippen LogP contribution is -2.33. The molecule has 0 radical (unpaired) electrons. The van der Waals surface area contributed by atoms with Gasteiger partial charge in [0.1, 0.15) is 11.6 Å². The second kappa shape index (κ2) is 8.07. The van der Waals surface area contributed by atoms with Gasteiger partial charge in [-0.25, -0.2) is 8.78 Å². The van der Waals surface area contributed by atoms with E-state index in [9.17, 15) is 13.6 Å². The van der Waals surface area contributed by atoms with Crippen molar-refractivity contribution in [2.45, 2.75) is 13.3 Å². The first-order chi connectivity index (χ1) is 9.45. The van der Waals surface area contributed by atoms with Crippen LogP contribution in [0, 0.1) is 11.6 Å². The van der Waals surface area contributed by atoms with E-state index in [1.54, 1.807) is 0 Å².